The van der Waals surface area contributed by atoms with Crippen molar-refractivity contribution in [2.75, 3.05) is 0 Å². The Hall–Kier alpha value is -2.20. The second kappa shape index (κ2) is 6.02. The van der Waals surface area contributed by atoms with Crippen LogP contribution in [0.2, 0.25) is 0 Å². The summed E-state index contributed by atoms with van der Waals surface area (Å²) < 4.78 is 16.7. The Labute approximate surface area is 147 Å². The van der Waals surface area contributed by atoms with Crippen molar-refractivity contribution in [1.29, 1.82) is 0 Å². The average Bonchev–Trinajstić information content (AvgIpc) is 2.93. The normalized spacial score (nSPS) is 14.9. The van der Waals surface area contributed by atoms with Crippen LogP contribution >= 0.6 is 15.9 Å². The predicted molar refractivity (Wildman–Crippen MR) is 98.2 cm³/mol. The van der Waals surface area contributed by atoms with Gasteiger partial charge >= 0.3 is 0 Å². The topological polar surface area (TPSA) is 22.0 Å². The van der Waals surface area contributed by atoms with Crippen LogP contribution in [0.4, 0.5) is 4.39 Å². The minimum absolute atomic E-state index is 0.151. The molecule has 0 aliphatic heterocycles. The molecule has 2 aromatic carbocycles. The molecule has 1 aromatic heterocycles. The largest absolute Gasteiger partial charge is 0.313 e. The van der Waals surface area contributed by atoms with Crippen LogP contribution in [0.5, 0.6) is 0 Å². The molecule has 0 spiro atoms. The fourth-order valence-electron chi connectivity index (χ4n) is 3.31. The van der Waals surface area contributed by atoms with Gasteiger partial charge < -0.3 is 4.57 Å². The van der Waals surface area contributed by atoms with Crippen molar-refractivity contribution < 1.29 is 9.18 Å². The Bertz CT molecular complexity index is 986. The molecule has 0 fully saturated rings. The maximum atomic E-state index is 13.7. The van der Waals surface area contributed by atoms with Crippen molar-refractivity contribution in [3.8, 4) is 11.3 Å². The number of halogens is 2. The summed E-state index contributed by atoms with van der Waals surface area (Å²) in [4.78, 5) is 11.9. The quantitative estimate of drug-likeness (QED) is 0.547. The Balaban J connectivity index is 2.04. The van der Waals surface area contributed by atoms with Crippen molar-refractivity contribution in [1.82, 2.24) is 4.57 Å². The van der Waals surface area contributed by atoms with E-state index in [1.54, 1.807) is 12.1 Å². The fraction of sp³-hybridized carbons (Fsp3) is 0.150. The molecule has 4 heteroatoms. The average molecular weight is 384 g/mol. The second-order valence-corrected chi connectivity index (χ2v) is 6.86. The predicted octanol–water partition coefficient (Wildman–Crippen LogP) is 5.80. The summed E-state index contributed by atoms with van der Waals surface area (Å²) in [6.07, 6.45) is 4.01. The van der Waals surface area contributed by atoms with Crippen molar-refractivity contribution in [3.05, 3.63) is 64.9 Å². The molecule has 1 aliphatic rings. The molecule has 1 heterocycles. The molecule has 3 aromatic rings. The molecule has 0 atom stereocenters. The van der Waals surface area contributed by atoms with E-state index in [1.165, 1.54) is 12.1 Å². The molecule has 0 saturated heterocycles. The monoisotopic (exact) mass is 383 g/mol. The van der Waals surface area contributed by atoms with Gasteiger partial charge in [0.1, 0.15) is 5.82 Å². The molecule has 0 radical (unpaired) electrons. The number of nitrogens with zero attached hydrogens (tertiary/aromatic N) is 1. The van der Waals surface area contributed by atoms with E-state index in [1.807, 2.05) is 30.3 Å². The van der Waals surface area contributed by atoms with E-state index in [0.29, 0.717) is 6.42 Å². The van der Waals surface area contributed by atoms with Crippen LogP contribution in [0, 0.1) is 5.82 Å². The Morgan fingerprint density at radius 1 is 1.04 bits per heavy atom. The lowest BCUT2D eigenvalue weighted by Crippen LogP contribution is -2.08. The van der Waals surface area contributed by atoms with Gasteiger partial charge in [-0.2, -0.15) is 0 Å². The number of ketones is 1. The third-order valence-electron chi connectivity index (χ3n) is 4.38. The van der Waals surface area contributed by atoms with Crippen LogP contribution < -0.4 is 0 Å². The Kier molecular flexibility index (Phi) is 3.85. The third kappa shape index (κ3) is 2.61. The van der Waals surface area contributed by atoms with Gasteiger partial charge in [-0.1, -0.05) is 34.1 Å². The molecule has 0 amide bonds. The van der Waals surface area contributed by atoms with E-state index in [9.17, 15) is 9.18 Å². The van der Waals surface area contributed by atoms with Crippen LogP contribution in [-0.2, 0) is 4.79 Å². The molecular weight excluding hydrogens is 369 g/mol. The zero-order chi connectivity index (χ0) is 16.7. The minimum Gasteiger partial charge on any atom is -0.313 e. The Morgan fingerprint density at radius 3 is 2.67 bits per heavy atom. The first kappa shape index (κ1) is 15.3. The van der Waals surface area contributed by atoms with Crippen molar-refractivity contribution in [2.24, 2.45) is 0 Å². The lowest BCUT2D eigenvalue weighted by Gasteiger charge is -2.18. The number of carbonyl (C=O) groups is 1. The highest BCUT2D eigenvalue weighted by Gasteiger charge is 2.19. The molecular formula is C20H15BrFNO. The van der Waals surface area contributed by atoms with Crippen LogP contribution in [0.3, 0.4) is 0 Å². The molecule has 120 valence electrons. The van der Waals surface area contributed by atoms with E-state index < -0.39 is 0 Å². The van der Waals surface area contributed by atoms with Crippen LogP contribution in [0.25, 0.3) is 27.9 Å². The summed E-state index contributed by atoms with van der Waals surface area (Å²) in [5.41, 5.74) is 3.87. The molecule has 1 aliphatic carbocycles. The number of fused-ring (bicyclic) bond motifs is 1. The molecule has 0 bridgehead atoms. The number of allylic oxidation sites excluding steroid dienone is 2. The second-order valence-electron chi connectivity index (χ2n) is 6.00. The van der Waals surface area contributed by atoms with Crippen molar-refractivity contribution in [2.45, 2.75) is 19.3 Å². The maximum absolute atomic E-state index is 13.7. The highest BCUT2D eigenvalue weighted by atomic mass is 79.9. The Morgan fingerprint density at radius 2 is 1.88 bits per heavy atom. The zero-order valence-corrected chi connectivity index (χ0v) is 14.5. The molecule has 0 saturated carbocycles. The van der Waals surface area contributed by atoms with Gasteiger partial charge in [0.05, 0.1) is 11.2 Å². The van der Waals surface area contributed by atoms with Crippen molar-refractivity contribution in [3.63, 3.8) is 0 Å². The molecule has 4 rings (SSSR count). The SMILES string of the molecule is O=C1C=C(n2c(-c3ccccc3Br)cc3cc(F)ccc32)CCC1. The number of benzene rings is 2. The maximum Gasteiger partial charge on any atom is 0.157 e. The smallest absolute Gasteiger partial charge is 0.157 e. The van der Waals surface area contributed by atoms with Crippen LogP contribution in [0.1, 0.15) is 19.3 Å². The highest BCUT2D eigenvalue weighted by molar-refractivity contribution is 9.10. The van der Waals surface area contributed by atoms with Gasteiger partial charge in [-0.05, 0) is 43.2 Å². The van der Waals surface area contributed by atoms with Crippen molar-refractivity contribution >= 4 is 38.3 Å². The lowest BCUT2D eigenvalue weighted by atomic mass is 10.0. The van der Waals surface area contributed by atoms with Gasteiger partial charge in [0.15, 0.2) is 5.78 Å². The standard InChI is InChI=1S/C20H15BrFNO/c21-18-7-2-1-6-17(18)20-11-13-10-14(22)8-9-19(13)23(20)15-4-3-5-16(24)12-15/h1-2,6-12H,3-5H2. The number of carbonyl (C=O) groups excluding carboxylic acids is 1. The number of hydrogen-bond donors (Lipinski definition) is 0. The van der Waals surface area contributed by atoms with Gasteiger partial charge in [0.25, 0.3) is 0 Å². The van der Waals surface area contributed by atoms with E-state index in [2.05, 4.69) is 20.5 Å². The van der Waals surface area contributed by atoms with E-state index >= 15 is 0 Å². The summed E-state index contributed by atoms with van der Waals surface area (Å²) in [5.74, 6) is -0.106. The summed E-state index contributed by atoms with van der Waals surface area (Å²) in [6, 6.07) is 14.7. The first-order chi connectivity index (χ1) is 11.6. The molecule has 24 heavy (non-hydrogen) atoms. The summed E-state index contributed by atoms with van der Waals surface area (Å²) in [5, 5.41) is 0.833. The molecule has 2 nitrogen and oxygen atoms in total. The highest BCUT2D eigenvalue weighted by Crippen LogP contribution is 2.37. The summed E-state index contributed by atoms with van der Waals surface area (Å²) in [6.45, 7) is 0. The lowest BCUT2D eigenvalue weighted by molar-refractivity contribution is -0.114. The van der Waals surface area contributed by atoms with E-state index in [4.69, 9.17) is 0 Å². The number of rotatable bonds is 2. The fourth-order valence-corrected chi connectivity index (χ4v) is 3.80. The third-order valence-corrected chi connectivity index (χ3v) is 5.08. The molecule has 0 N–H and O–H groups in total. The van der Waals surface area contributed by atoms with Gasteiger partial charge in [0.2, 0.25) is 0 Å². The van der Waals surface area contributed by atoms with E-state index in [0.717, 1.165) is 45.2 Å². The number of aromatic nitrogens is 1. The van der Waals surface area contributed by atoms with Crippen LogP contribution in [0.15, 0.2) is 59.1 Å². The summed E-state index contributed by atoms with van der Waals surface area (Å²) >= 11 is 3.60. The van der Waals surface area contributed by atoms with E-state index in [-0.39, 0.29) is 11.6 Å². The van der Waals surface area contributed by atoms with Gasteiger partial charge in [0, 0.05) is 33.6 Å². The number of hydrogen-bond acceptors (Lipinski definition) is 1. The molecule has 0 unspecified atom stereocenters. The van der Waals surface area contributed by atoms with Crippen LogP contribution in [-0.4, -0.2) is 10.4 Å². The summed E-state index contributed by atoms with van der Waals surface area (Å²) in [7, 11) is 0. The zero-order valence-electron chi connectivity index (χ0n) is 12.9. The first-order valence-corrected chi connectivity index (χ1v) is 8.72. The minimum atomic E-state index is -0.257. The first-order valence-electron chi connectivity index (χ1n) is 7.93. The van der Waals surface area contributed by atoms with Gasteiger partial charge in [-0.25, -0.2) is 4.39 Å². The van der Waals surface area contributed by atoms with Gasteiger partial charge in [-0.3, -0.25) is 4.79 Å². The van der Waals surface area contributed by atoms with Gasteiger partial charge in [-0.15, -0.1) is 0 Å².